The first-order valence-corrected chi connectivity index (χ1v) is 9.00. The van der Waals surface area contributed by atoms with Crippen LogP contribution in [0.2, 0.25) is 0 Å². The van der Waals surface area contributed by atoms with Crippen LogP contribution in [0.25, 0.3) is 10.9 Å². The highest BCUT2D eigenvalue weighted by atomic mass is 16.5. The summed E-state index contributed by atoms with van der Waals surface area (Å²) < 4.78 is 5.44. The molecule has 0 amide bonds. The number of morpholine rings is 1. The average Bonchev–Trinajstić information content (AvgIpc) is 3.11. The van der Waals surface area contributed by atoms with Crippen molar-refractivity contribution < 1.29 is 4.74 Å². The Labute approximate surface area is 157 Å². The molecule has 0 bridgehead atoms. The Balaban J connectivity index is 1.82. The van der Waals surface area contributed by atoms with Crippen molar-refractivity contribution in [2.45, 2.75) is 19.8 Å². The van der Waals surface area contributed by atoms with E-state index in [1.54, 1.807) is 0 Å². The molecule has 2 aromatic rings. The number of nitrogens with zero attached hydrogens (tertiary/aromatic N) is 5. The maximum Gasteiger partial charge on any atom is 0.158 e. The summed E-state index contributed by atoms with van der Waals surface area (Å²) in [5, 5.41) is 28.0. The van der Waals surface area contributed by atoms with E-state index >= 15 is 0 Å². The zero-order chi connectivity index (χ0) is 19.0. The minimum absolute atomic E-state index is 0.311. The molecule has 1 aromatic heterocycles. The molecule has 27 heavy (non-hydrogen) atoms. The van der Waals surface area contributed by atoms with Gasteiger partial charge in [0.05, 0.1) is 48.1 Å². The number of aromatic nitrogens is 2. The molecule has 0 saturated carbocycles. The van der Waals surface area contributed by atoms with Crippen molar-refractivity contribution in [3.05, 3.63) is 35.0 Å². The quantitative estimate of drug-likeness (QED) is 0.887. The van der Waals surface area contributed by atoms with E-state index in [4.69, 9.17) is 4.74 Å². The van der Waals surface area contributed by atoms with Crippen molar-refractivity contribution >= 4 is 22.4 Å². The molecule has 0 spiro atoms. The van der Waals surface area contributed by atoms with Gasteiger partial charge in [0, 0.05) is 30.1 Å². The first kappa shape index (κ1) is 17.3. The van der Waals surface area contributed by atoms with E-state index in [2.05, 4.69) is 38.3 Å². The van der Waals surface area contributed by atoms with Crippen molar-refractivity contribution in [3.8, 4) is 12.1 Å². The molecule has 1 aromatic carbocycles. The summed E-state index contributed by atoms with van der Waals surface area (Å²) >= 11 is 0. The zero-order valence-electron chi connectivity index (χ0n) is 15.4. The number of nitrogens with one attached hydrogen (secondary N) is 1. The molecule has 4 rings (SSSR count). The predicted molar refractivity (Wildman–Crippen MR) is 102 cm³/mol. The lowest BCUT2D eigenvalue weighted by Gasteiger charge is -2.28. The number of aliphatic imine (C=N–C) groups is 1. The van der Waals surface area contributed by atoms with E-state index in [1.165, 1.54) is 0 Å². The zero-order valence-corrected chi connectivity index (χ0v) is 15.4. The first-order valence-electron chi connectivity index (χ1n) is 9.00. The SMILES string of the molecule is CC1=NC(C)=C(C#N)C(c2ccc3[nH]nc(N4CCOCC4)c3c2)C1C#N. The fourth-order valence-electron chi connectivity index (χ4n) is 3.93. The van der Waals surface area contributed by atoms with E-state index in [1.807, 2.05) is 26.0 Å². The van der Waals surface area contributed by atoms with Gasteiger partial charge >= 0.3 is 0 Å². The van der Waals surface area contributed by atoms with Gasteiger partial charge in [-0.1, -0.05) is 6.07 Å². The van der Waals surface area contributed by atoms with Gasteiger partial charge in [0.15, 0.2) is 5.82 Å². The summed E-state index contributed by atoms with van der Waals surface area (Å²) in [4.78, 5) is 6.62. The van der Waals surface area contributed by atoms with Crippen molar-refractivity contribution in [2.24, 2.45) is 10.9 Å². The molecule has 3 heterocycles. The lowest BCUT2D eigenvalue weighted by atomic mass is 9.76. The summed E-state index contributed by atoms with van der Waals surface area (Å²) in [5.41, 5.74) is 3.87. The average molecular weight is 360 g/mol. The van der Waals surface area contributed by atoms with Gasteiger partial charge in [0.1, 0.15) is 0 Å². The van der Waals surface area contributed by atoms with Crippen LogP contribution in [0.1, 0.15) is 25.3 Å². The first-order chi connectivity index (χ1) is 13.1. The second-order valence-electron chi connectivity index (χ2n) is 6.90. The predicted octanol–water partition coefficient (Wildman–Crippen LogP) is 2.89. The van der Waals surface area contributed by atoms with Crippen molar-refractivity contribution in [2.75, 3.05) is 31.2 Å². The number of fused-ring (bicyclic) bond motifs is 1. The van der Waals surface area contributed by atoms with Crippen LogP contribution in [0.4, 0.5) is 5.82 Å². The van der Waals surface area contributed by atoms with Gasteiger partial charge in [-0.05, 0) is 31.5 Å². The van der Waals surface area contributed by atoms with E-state index in [9.17, 15) is 10.5 Å². The molecule has 1 N–H and O–H groups in total. The lowest BCUT2D eigenvalue weighted by molar-refractivity contribution is 0.122. The highest BCUT2D eigenvalue weighted by Crippen LogP contribution is 2.39. The molecule has 7 heteroatoms. The Morgan fingerprint density at radius 3 is 2.70 bits per heavy atom. The van der Waals surface area contributed by atoms with Crippen molar-refractivity contribution in [1.82, 2.24) is 10.2 Å². The number of rotatable bonds is 2. The number of hydrogen-bond donors (Lipinski definition) is 1. The standard InChI is InChI=1S/C20H20N6O/c1-12-16(10-21)19(17(11-22)13(2)23-12)14-3-4-18-15(9-14)20(25-24-18)26-5-7-27-8-6-26/h3-4,9,16,19H,5-8H2,1-2H3,(H,24,25). The second kappa shape index (κ2) is 6.86. The lowest BCUT2D eigenvalue weighted by Crippen LogP contribution is -2.36. The molecule has 2 aliphatic heterocycles. The smallest absolute Gasteiger partial charge is 0.158 e. The molecule has 1 saturated heterocycles. The second-order valence-corrected chi connectivity index (χ2v) is 6.90. The molecule has 0 radical (unpaired) electrons. The Bertz CT molecular complexity index is 1030. The van der Waals surface area contributed by atoms with Crippen LogP contribution < -0.4 is 4.90 Å². The third kappa shape index (κ3) is 2.87. The van der Waals surface area contributed by atoms with Gasteiger partial charge in [-0.25, -0.2) is 0 Å². The van der Waals surface area contributed by atoms with E-state index in [0.29, 0.717) is 24.5 Å². The maximum atomic E-state index is 9.72. The Morgan fingerprint density at radius 1 is 1.22 bits per heavy atom. The van der Waals surface area contributed by atoms with Crippen LogP contribution in [0.5, 0.6) is 0 Å². The number of allylic oxidation sites excluding steroid dienone is 2. The molecule has 1 fully saturated rings. The maximum absolute atomic E-state index is 9.72. The van der Waals surface area contributed by atoms with Gasteiger partial charge in [-0.3, -0.25) is 10.1 Å². The van der Waals surface area contributed by atoms with E-state index in [0.717, 1.165) is 41.1 Å². The van der Waals surface area contributed by atoms with Gasteiger partial charge < -0.3 is 9.64 Å². The summed E-state index contributed by atoms with van der Waals surface area (Å²) in [7, 11) is 0. The minimum Gasteiger partial charge on any atom is -0.378 e. The highest BCUT2D eigenvalue weighted by Gasteiger charge is 2.34. The number of hydrogen-bond acceptors (Lipinski definition) is 6. The Morgan fingerprint density at radius 2 is 2.00 bits per heavy atom. The number of nitriles is 2. The number of benzene rings is 1. The highest BCUT2D eigenvalue weighted by molar-refractivity contribution is 5.93. The Kier molecular flexibility index (Phi) is 4.39. The monoisotopic (exact) mass is 360 g/mol. The van der Waals surface area contributed by atoms with Gasteiger partial charge in [-0.15, -0.1) is 0 Å². The summed E-state index contributed by atoms with van der Waals surface area (Å²) in [6.45, 7) is 6.64. The molecule has 7 nitrogen and oxygen atoms in total. The molecule has 2 unspecified atom stereocenters. The molecule has 0 aliphatic carbocycles. The van der Waals surface area contributed by atoms with E-state index < -0.39 is 5.92 Å². The van der Waals surface area contributed by atoms with Crippen molar-refractivity contribution in [1.29, 1.82) is 10.5 Å². The third-order valence-electron chi connectivity index (χ3n) is 5.32. The van der Waals surface area contributed by atoms with Gasteiger partial charge in [0.25, 0.3) is 0 Å². The van der Waals surface area contributed by atoms with E-state index in [-0.39, 0.29) is 5.92 Å². The molecular weight excluding hydrogens is 340 g/mol. The summed E-state index contributed by atoms with van der Waals surface area (Å²) in [6, 6.07) is 10.6. The number of aromatic amines is 1. The van der Waals surface area contributed by atoms with Crippen molar-refractivity contribution in [3.63, 3.8) is 0 Å². The minimum atomic E-state index is -0.445. The van der Waals surface area contributed by atoms with Crippen LogP contribution in [0, 0.1) is 28.6 Å². The largest absolute Gasteiger partial charge is 0.378 e. The van der Waals surface area contributed by atoms with Gasteiger partial charge in [-0.2, -0.15) is 15.6 Å². The van der Waals surface area contributed by atoms with Crippen LogP contribution in [0.3, 0.4) is 0 Å². The molecular formula is C20H20N6O. The van der Waals surface area contributed by atoms with Gasteiger partial charge in [0.2, 0.25) is 0 Å². The number of anilines is 1. The van der Waals surface area contributed by atoms with Crippen LogP contribution in [-0.4, -0.2) is 42.2 Å². The molecule has 2 atom stereocenters. The summed E-state index contributed by atoms with van der Waals surface area (Å²) in [6.07, 6.45) is 0. The van der Waals surface area contributed by atoms with Crippen LogP contribution >= 0.6 is 0 Å². The fraction of sp³-hybridized carbons (Fsp3) is 0.400. The van der Waals surface area contributed by atoms with Crippen LogP contribution in [-0.2, 0) is 4.74 Å². The Hall–Kier alpha value is -3.16. The topological polar surface area (TPSA) is 101 Å². The normalized spacial score (nSPS) is 23.1. The van der Waals surface area contributed by atoms with Crippen LogP contribution in [0.15, 0.2) is 34.5 Å². The summed E-state index contributed by atoms with van der Waals surface area (Å²) in [5.74, 6) is 0.137. The number of ether oxygens (including phenoxy) is 1. The fourth-order valence-corrected chi connectivity index (χ4v) is 3.93. The molecule has 2 aliphatic rings. The molecule has 136 valence electrons. The number of H-pyrrole nitrogens is 1. The third-order valence-corrected chi connectivity index (χ3v) is 5.32.